The third-order valence-electron chi connectivity index (χ3n) is 3.28. The average Bonchev–Trinajstić information content (AvgIpc) is 2.13. The second kappa shape index (κ2) is 6.44. The minimum Gasteiger partial charge on any atom is -0.317 e. The lowest BCUT2D eigenvalue weighted by Gasteiger charge is -2.43. The van der Waals surface area contributed by atoms with E-state index in [0.29, 0.717) is 0 Å². The lowest BCUT2D eigenvalue weighted by atomic mass is 10.5. The number of hydrogen-bond donors (Lipinski definition) is 0. The zero-order valence-electron chi connectivity index (χ0n) is 11.5. The van der Waals surface area contributed by atoms with Gasteiger partial charge in [0.15, 0.2) is 0 Å². The molecule has 0 aliphatic heterocycles. The van der Waals surface area contributed by atoms with Crippen LogP contribution < -0.4 is 0 Å². The molecule has 0 amide bonds. The Kier molecular flexibility index (Phi) is 6.35. The van der Waals surface area contributed by atoms with E-state index in [-0.39, 0.29) is 12.1 Å². The first-order valence-electron chi connectivity index (χ1n) is 5.78. The molecule has 0 fully saturated rings. The van der Waals surface area contributed by atoms with E-state index in [9.17, 15) is 26.3 Å². The van der Waals surface area contributed by atoms with Gasteiger partial charge in [0.1, 0.15) is 0 Å². The second-order valence-electron chi connectivity index (χ2n) is 5.00. The van der Waals surface area contributed by atoms with Crippen molar-refractivity contribution in [1.82, 2.24) is 9.13 Å². The summed E-state index contributed by atoms with van der Waals surface area (Å²) < 4.78 is 77.2. The topological polar surface area (TPSA) is 6.48 Å². The smallest absolute Gasteiger partial charge is 0.317 e. The Balaban J connectivity index is 4.99. The molecule has 0 aliphatic carbocycles. The molecule has 0 aromatic rings. The lowest BCUT2D eigenvalue weighted by Crippen LogP contribution is -2.61. The standard InChI is InChI=1S/C10H20F6N2Si/c1-17(2)19(18(3)4,7-5-9(11,12)13)8-6-10(14,15)16/h5-8H2,1-4H3. The maximum atomic E-state index is 12.4. The lowest BCUT2D eigenvalue weighted by molar-refractivity contribution is -0.132. The molecule has 0 spiro atoms. The van der Waals surface area contributed by atoms with E-state index in [1.54, 1.807) is 37.3 Å². The molecular weight excluding hydrogens is 290 g/mol. The van der Waals surface area contributed by atoms with Crippen LogP contribution in [0.4, 0.5) is 26.3 Å². The van der Waals surface area contributed by atoms with Gasteiger partial charge in [-0.2, -0.15) is 26.3 Å². The fraction of sp³-hybridized carbons (Fsp3) is 1.00. The van der Waals surface area contributed by atoms with Gasteiger partial charge in [0.05, 0.1) is 0 Å². The molecule has 19 heavy (non-hydrogen) atoms. The van der Waals surface area contributed by atoms with Gasteiger partial charge in [-0.15, -0.1) is 0 Å². The second-order valence-corrected chi connectivity index (χ2v) is 9.76. The number of rotatable bonds is 6. The van der Waals surface area contributed by atoms with Crippen LogP contribution in [0.2, 0.25) is 12.1 Å². The number of hydrogen-bond acceptors (Lipinski definition) is 2. The summed E-state index contributed by atoms with van der Waals surface area (Å²) in [6, 6.07) is -0.515. The Morgan fingerprint density at radius 2 is 0.947 bits per heavy atom. The Labute approximate surface area is 110 Å². The van der Waals surface area contributed by atoms with Crippen LogP contribution in [-0.4, -0.2) is 58.1 Å². The number of halogens is 6. The molecule has 0 radical (unpaired) electrons. The zero-order chi connectivity index (χ0) is 15.5. The van der Waals surface area contributed by atoms with Crippen molar-refractivity contribution in [2.75, 3.05) is 28.2 Å². The number of nitrogens with zero attached hydrogens (tertiary/aromatic N) is 2. The third-order valence-corrected chi connectivity index (χ3v) is 8.71. The molecule has 0 atom stereocenters. The highest BCUT2D eigenvalue weighted by Crippen LogP contribution is 2.34. The van der Waals surface area contributed by atoms with Crippen molar-refractivity contribution < 1.29 is 26.3 Å². The molecule has 9 heteroatoms. The van der Waals surface area contributed by atoms with Gasteiger partial charge in [-0.05, 0) is 40.3 Å². The molecule has 0 N–H and O–H groups in total. The van der Waals surface area contributed by atoms with E-state index in [2.05, 4.69) is 0 Å². The summed E-state index contributed by atoms with van der Waals surface area (Å²) in [4.78, 5) is 0. The first kappa shape index (κ1) is 18.7. The quantitative estimate of drug-likeness (QED) is 0.547. The van der Waals surface area contributed by atoms with E-state index in [1.165, 1.54) is 0 Å². The molecule has 0 aromatic carbocycles. The fourth-order valence-electron chi connectivity index (χ4n) is 2.10. The van der Waals surface area contributed by atoms with Gasteiger partial charge < -0.3 is 9.13 Å². The Hall–Kier alpha value is -0.283. The largest absolute Gasteiger partial charge is 0.388 e. The van der Waals surface area contributed by atoms with Crippen LogP contribution in [0.5, 0.6) is 0 Å². The Morgan fingerprint density at radius 1 is 0.684 bits per heavy atom. The van der Waals surface area contributed by atoms with Gasteiger partial charge in [-0.25, -0.2) is 0 Å². The van der Waals surface area contributed by atoms with E-state index >= 15 is 0 Å². The van der Waals surface area contributed by atoms with Gasteiger partial charge in [0.2, 0.25) is 8.40 Å². The Bertz CT molecular complexity index is 246. The van der Waals surface area contributed by atoms with E-state index in [4.69, 9.17) is 0 Å². The van der Waals surface area contributed by atoms with Crippen molar-refractivity contribution in [2.24, 2.45) is 0 Å². The van der Waals surface area contributed by atoms with Crippen LogP contribution in [0.25, 0.3) is 0 Å². The molecule has 0 saturated heterocycles. The monoisotopic (exact) mass is 310 g/mol. The maximum absolute atomic E-state index is 12.4. The minimum atomic E-state index is -4.34. The van der Waals surface area contributed by atoms with Crippen molar-refractivity contribution in [2.45, 2.75) is 37.3 Å². The molecule has 116 valence electrons. The van der Waals surface area contributed by atoms with Gasteiger partial charge in [0, 0.05) is 12.8 Å². The van der Waals surface area contributed by atoms with Gasteiger partial charge in [0.25, 0.3) is 0 Å². The summed E-state index contributed by atoms with van der Waals surface area (Å²) in [6.07, 6.45) is -10.8. The van der Waals surface area contributed by atoms with Gasteiger partial charge >= 0.3 is 12.4 Å². The Morgan fingerprint density at radius 3 is 1.11 bits per heavy atom. The van der Waals surface area contributed by atoms with Crippen LogP contribution in [0.1, 0.15) is 12.8 Å². The molecule has 0 heterocycles. The van der Waals surface area contributed by atoms with Crippen molar-refractivity contribution >= 4 is 8.40 Å². The summed E-state index contributed by atoms with van der Waals surface area (Å²) in [6.45, 7) is 0. The van der Waals surface area contributed by atoms with Crippen molar-refractivity contribution in [3.05, 3.63) is 0 Å². The summed E-state index contributed by atoms with van der Waals surface area (Å²) in [7, 11) is 3.27. The molecule has 0 bridgehead atoms. The van der Waals surface area contributed by atoms with Crippen molar-refractivity contribution in [1.29, 1.82) is 0 Å². The third kappa shape index (κ3) is 6.62. The highest BCUT2D eigenvalue weighted by molar-refractivity contribution is 6.74. The average molecular weight is 310 g/mol. The van der Waals surface area contributed by atoms with E-state index in [1.807, 2.05) is 0 Å². The molecule has 0 unspecified atom stereocenters. The summed E-state index contributed by atoms with van der Waals surface area (Å²) >= 11 is 0. The van der Waals surface area contributed by atoms with Gasteiger partial charge in [-0.3, -0.25) is 0 Å². The van der Waals surface area contributed by atoms with Crippen molar-refractivity contribution in [3.63, 3.8) is 0 Å². The molecule has 0 aromatic heterocycles. The summed E-state index contributed by atoms with van der Waals surface area (Å²) in [5.41, 5.74) is 0. The molecule has 0 aliphatic rings. The molecule has 0 rings (SSSR count). The fourth-order valence-corrected chi connectivity index (χ4v) is 6.31. The minimum absolute atomic E-state index is 0.257. The number of alkyl halides is 6. The van der Waals surface area contributed by atoms with Gasteiger partial charge in [-0.1, -0.05) is 0 Å². The predicted octanol–water partition coefficient (Wildman–Crippen LogP) is 3.46. The highest BCUT2D eigenvalue weighted by atomic mass is 28.3. The first-order chi connectivity index (χ1) is 8.30. The van der Waals surface area contributed by atoms with E-state index < -0.39 is 33.6 Å². The van der Waals surface area contributed by atoms with Crippen LogP contribution in [-0.2, 0) is 0 Å². The van der Waals surface area contributed by atoms with Crippen LogP contribution in [0.15, 0.2) is 0 Å². The predicted molar refractivity (Wildman–Crippen MR) is 64.1 cm³/mol. The van der Waals surface area contributed by atoms with Crippen LogP contribution in [0, 0.1) is 0 Å². The summed E-state index contributed by atoms with van der Waals surface area (Å²) in [5.74, 6) is 0. The van der Waals surface area contributed by atoms with Crippen LogP contribution >= 0.6 is 0 Å². The normalized spacial score (nSPS) is 14.5. The van der Waals surface area contributed by atoms with Crippen LogP contribution in [0.3, 0.4) is 0 Å². The highest BCUT2D eigenvalue weighted by Gasteiger charge is 2.45. The molecule has 2 nitrogen and oxygen atoms in total. The summed E-state index contributed by atoms with van der Waals surface area (Å²) in [5, 5.41) is 0. The maximum Gasteiger partial charge on any atom is 0.388 e. The first-order valence-corrected chi connectivity index (χ1v) is 8.09. The molecular formula is C10H20F6N2Si. The van der Waals surface area contributed by atoms with Crippen molar-refractivity contribution in [3.8, 4) is 0 Å². The zero-order valence-corrected chi connectivity index (χ0v) is 12.5. The SMILES string of the molecule is CN(C)[Si](CCC(F)(F)F)(CCC(F)(F)F)N(C)C. The molecule has 0 saturated carbocycles. The van der Waals surface area contributed by atoms with E-state index in [0.717, 1.165) is 0 Å².